The summed E-state index contributed by atoms with van der Waals surface area (Å²) < 4.78 is 4.52. The highest BCUT2D eigenvalue weighted by Gasteiger charge is 2.37. The predicted octanol–water partition coefficient (Wildman–Crippen LogP) is 1.68. The van der Waals surface area contributed by atoms with E-state index in [2.05, 4.69) is 4.74 Å². The van der Waals surface area contributed by atoms with Crippen molar-refractivity contribution in [3.05, 3.63) is 0 Å². The Bertz CT molecular complexity index is 349. The van der Waals surface area contributed by atoms with Gasteiger partial charge in [0.05, 0.1) is 12.5 Å². The molecule has 116 valence electrons. The van der Waals surface area contributed by atoms with E-state index in [-0.39, 0.29) is 24.7 Å². The molecule has 0 spiro atoms. The van der Waals surface area contributed by atoms with Crippen LogP contribution < -0.4 is 0 Å². The van der Waals surface area contributed by atoms with Crippen molar-refractivity contribution in [2.45, 2.75) is 46.0 Å². The van der Waals surface area contributed by atoms with Gasteiger partial charge >= 0.3 is 11.9 Å². The number of carboxylic acid groups (broad SMARTS) is 1. The van der Waals surface area contributed by atoms with Gasteiger partial charge < -0.3 is 14.7 Å². The number of carboxylic acids is 1. The minimum Gasteiger partial charge on any atom is -0.481 e. The van der Waals surface area contributed by atoms with E-state index < -0.39 is 11.4 Å². The molecule has 0 saturated carbocycles. The molecule has 0 aromatic heterocycles. The van der Waals surface area contributed by atoms with E-state index in [4.69, 9.17) is 0 Å². The quantitative estimate of drug-likeness (QED) is 0.652. The monoisotopic (exact) mass is 287 g/mol. The molecule has 6 nitrogen and oxygen atoms in total. The Hall–Kier alpha value is -1.59. The lowest BCUT2D eigenvalue weighted by atomic mass is 9.79. The number of hydrogen-bond donors (Lipinski definition) is 1. The van der Waals surface area contributed by atoms with E-state index in [0.29, 0.717) is 25.8 Å². The first-order valence-electron chi connectivity index (χ1n) is 6.87. The standard InChI is InChI=1S/C14H25NO5/c1-5-14(6-2,13(18)19)10-11(16)15(3)9-7-8-12(17)20-4/h5-10H2,1-4H3,(H,18,19). The first-order valence-corrected chi connectivity index (χ1v) is 6.87. The Kier molecular flexibility index (Phi) is 7.87. The zero-order chi connectivity index (χ0) is 15.8. The molecule has 1 N–H and O–H groups in total. The normalized spacial score (nSPS) is 11.0. The van der Waals surface area contributed by atoms with Crippen molar-refractivity contribution in [2.75, 3.05) is 20.7 Å². The Labute approximate surface area is 120 Å². The molecular formula is C14H25NO5. The van der Waals surface area contributed by atoms with Crippen LogP contribution in [0.1, 0.15) is 46.0 Å². The molecule has 0 atom stereocenters. The zero-order valence-corrected chi connectivity index (χ0v) is 12.8. The van der Waals surface area contributed by atoms with E-state index in [1.807, 2.05) is 0 Å². The van der Waals surface area contributed by atoms with Crippen LogP contribution in [0.15, 0.2) is 0 Å². The smallest absolute Gasteiger partial charge is 0.310 e. The molecule has 0 aromatic carbocycles. The Balaban J connectivity index is 4.43. The van der Waals surface area contributed by atoms with Gasteiger partial charge in [-0.25, -0.2) is 0 Å². The molecule has 6 heteroatoms. The summed E-state index contributed by atoms with van der Waals surface area (Å²) in [5.74, 6) is -1.45. The highest BCUT2D eigenvalue weighted by molar-refractivity contribution is 5.84. The van der Waals surface area contributed by atoms with Gasteiger partial charge in [-0.3, -0.25) is 14.4 Å². The second-order valence-electron chi connectivity index (χ2n) is 4.96. The van der Waals surface area contributed by atoms with E-state index in [0.717, 1.165) is 0 Å². The molecule has 20 heavy (non-hydrogen) atoms. The fraction of sp³-hybridized carbons (Fsp3) is 0.786. The van der Waals surface area contributed by atoms with Gasteiger partial charge in [0, 0.05) is 26.4 Å². The first kappa shape index (κ1) is 18.4. The number of rotatable bonds is 9. The van der Waals surface area contributed by atoms with Crippen molar-refractivity contribution < 1.29 is 24.2 Å². The van der Waals surface area contributed by atoms with Crippen LogP contribution in [0.3, 0.4) is 0 Å². The number of esters is 1. The van der Waals surface area contributed by atoms with Crippen molar-refractivity contribution in [3.63, 3.8) is 0 Å². The van der Waals surface area contributed by atoms with E-state index >= 15 is 0 Å². The van der Waals surface area contributed by atoms with E-state index in [1.54, 1.807) is 20.9 Å². The molecule has 0 rings (SSSR count). The van der Waals surface area contributed by atoms with Crippen LogP contribution in [-0.2, 0) is 19.1 Å². The van der Waals surface area contributed by atoms with Crippen molar-refractivity contribution in [2.24, 2.45) is 5.41 Å². The summed E-state index contributed by atoms with van der Waals surface area (Å²) in [7, 11) is 2.94. The highest BCUT2D eigenvalue weighted by Crippen LogP contribution is 2.31. The van der Waals surface area contributed by atoms with E-state index in [1.165, 1.54) is 12.0 Å². The summed E-state index contributed by atoms with van der Waals surface area (Å²) in [6.07, 6.45) is 1.58. The predicted molar refractivity (Wildman–Crippen MR) is 74.2 cm³/mol. The topological polar surface area (TPSA) is 83.9 Å². The summed E-state index contributed by atoms with van der Waals surface area (Å²) >= 11 is 0. The molecule has 0 unspecified atom stereocenters. The number of nitrogens with zero attached hydrogens (tertiary/aromatic N) is 1. The van der Waals surface area contributed by atoms with E-state index in [9.17, 15) is 19.5 Å². The fourth-order valence-corrected chi connectivity index (χ4v) is 1.99. The molecule has 0 aliphatic rings. The van der Waals surface area contributed by atoms with Crippen LogP contribution in [0.25, 0.3) is 0 Å². The minimum absolute atomic E-state index is 0.00986. The number of amides is 1. The minimum atomic E-state index is -0.992. The molecule has 0 bridgehead atoms. The number of ether oxygens (including phenoxy) is 1. The van der Waals surface area contributed by atoms with Crippen molar-refractivity contribution in [1.29, 1.82) is 0 Å². The van der Waals surface area contributed by atoms with Crippen molar-refractivity contribution in [3.8, 4) is 0 Å². The van der Waals surface area contributed by atoms with Crippen LogP contribution >= 0.6 is 0 Å². The van der Waals surface area contributed by atoms with Gasteiger partial charge in [0.1, 0.15) is 0 Å². The lowest BCUT2D eigenvalue weighted by molar-refractivity contribution is -0.154. The number of carbonyl (C=O) groups excluding carboxylic acids is 2. The van der Waals surface area contributed by atoms with Crippen LogP contribution in [0.5, 0.6) is 0 Å². The summed E-state index contributed by atoms with van der Waals surface area (Å²) in [6, 6.07) is 0. The van der Waals surface area contributed by atoms with Gasteiger partial charge in [-0.1, -0.05) is 13.8 Å². The summed E-state index contributed by atoms with van der Waals surface area (Å²) in [5.41, 5.74) is -0.992. The average Bonchev–Trinajstić information content (AvgIpc) is 2.43. The third-order valence-electron chi connectivity index (χ3n) is 3.82. The summed E-state index contributed by atoms with van der Waals surface area (Å²) in [4.78, 5) is 35.9. The number of methoxy groups -OCH3 is 1. The Morgan fingerprint density at radius 1 is 1.20 bits per heavy atom. The third kappa shape index (κ3) is 5.19. The van der Waals surface area contributed by atoms with Gasteiger partial charge in [-0.05, 0) is 19.3 Å². The maximum atomic E-state index is 12.1. The maximum Gasteiger partial charge on any atom is 0.310 e. The van der Waals surface area contributed by atoms with Crippen LogP contribution in [0, 0.1) is 5.41 Å². The number of carbonyl (C=O) groups is 3. The maximum absolute atomic E-state index is 12.1. The number of aliphatic carboxylic acids is 1. The molecule has 0 radical (unpaired) electrons. The van der Waals surface area contributed by atoms with Crippen molar-refractivity contribution >= 4 is 17.8 Å². The summed E-state index contributed by atoms with van der Waals surface area (Å²) in [6.45, 7) is 3.97. The third-order valence-corrected chi connectivity index (χ3v) is 3.82. The SMILES string of the molecule is CCC(CC)(CC(=O)N(C)CCCC(=O)OC)C(=O)O. The van der Waals surface area contributed by atoms with Gasteiger partial charge in [0.2, 0.25) is 5.91 Å². The Morgan fingerprint density at radius 3 is 2.15 bits per heavy atom. The second-order valence-corrected chi connectivity index (χ2v) is 4.96. The van der Waals surface area contributed by atoms with Crippen LogP contribution in [0.2, 0.25) is 0 Å². The fourth-order valence-electron chi connectivity index (χ4n) is 1.99. The van der Waals surface area contributed by atoms with Gasteiger partial charge in [0.15, 0.2) is 0 Å². The molecule has 1 amide bonds. The zero-order valence-electron chi connectivity index (χ0n) is 12.8. The average molecular weight is 287 g/mol. The largest absolute Gasteiger partial charge is 0.481 e. The number of hydrogen-bond acceptors (Lipinski definition) is 4. The van der Waals surface area contributed by atoms with Crippen LogP contribution in [0.4, 0.5) is 0 Å². The molecule has 0 aromatic rings. The van der Waals surface area contributed by atoms with Crippen molar-refractivity contribution in [1.82, 2.24) is 4.90 Å². The lowest BCUT2D eigenvalue weighted by Gasteiger charge is -2.28. The summed E-state index contributed by atoms with van der Waals surface area (Å²) in [5, 5.41) is 9.30. The van der Waals surface area contributed by atoms with Gasteiger partial charge in [-0.15, -0.1) is 0 Å². The molecule has 0 saturated heterocycles. The highest BCUT2D eigenvalue weighted by atomic mass is 16.5. The lowest BCUT2D eigenvalue weighted by Crippen LogP contribution is -2.38. The van der Waals surface area contributed by atoms with Gasteiger partial charge in [-0.2, -0.15) is 0 Å². The molecule has 0 heterocycles. The molecule has 0 aliphatic heterocycles. The molecular weight excluding hydrogens is 262 g/mol. The second kappa shape index (κ2) is 8.55. The Morgan fingerprint density at radius 2 is 1.75 bits per heavy atom. The molecule has 0 aliphatic carbocycles. The van der Waals surface area contributed by atoms with Crippen LogP contribution in [-0.4, -0.2) is 48.6 Å². The molecule has 0 fully saturated rings. The van der Waals surface area contributed by atoms with Gasteiger partial charge in [0.25, 0.3) is 0 Å². The first-order chi connectivity index (χ1) is 9.32.